The van der Waals surface area contributed by atoms with Crippen LogP contribution in [0.4, 0.5) is 10.1 Å². The number of hydrogen-bond donors (Lipinski definition) is 3. The molecule has 174 valence electrons. The SMILES string of the molecule is CN=C(NCc1cccc(OCC(N)=O)c1)NC1CCCN(c2cc(C)ccc2F)C1.I. The number of rotatable bonds is 7. The molecule has 0 aliphatic carbocycles. The molecule has 4 N–H and O–H groups in total. The maximum atomic E-state index is 14.3. The van der Waals surface area contributed by atoms with Gasteiger partial charge in [-0.15, -0.1) is 24.0 Å². The summed E-state index contributed by atoms with van der Waals surface area (Å²) in [5, 5.41) is 6.75. The van der Waals surface area contributed by atoms with Crippen LogP contribution in [0.1, 0.15) is 24.0 Å². The Morgan fingerprint density at radius 2 is 2.12 bits per heavy atom. The average molecular weight is 555 g/mol. The van der Waals surface area contributed by atoms with Crippen LogP contribution in [-0.2, 0) is 11.3 Å². The number of anilines is 1. The van der Waals surface area contributed by atoms with E-state index < -0.39 is 5.91 Å². The van der Waals surface area contributed by atoms with Gasteiger partial charge in [0, 0.05) is 32.7 Å². The summed E-state index contributed by atoms with van der Waals surface area (Å²) in [4.78, 5) is 17.3. The minimum atomic E-state index is -0.514. The Morgan fingerprint density at radius 3 is 2.88 bits per heavy atom. The van der Waals surface area contributed by atoms with Crippen LogP contribution in [0, 0.1) is 12.7 Å². The van der Waals surface area contributed by atoms with Gasteiger partial charge in [-0.05, 0) is 55.2 Å². The zero-order chi connectivity index (χ0) is 22.2. The third kappa shape index (κ3) is 7.54. The number of nitrogens with zero attached hydrogens (tertiary/aromatic N) is 2. The van der Waals surface area contributed by atoms with E-state index in [1.165, 1.54) is 6.07 Å². The van der Waals surface area contributed by atoms with Gasteiger partial charge < -0.3 is 26.0 Å². The van der Waals surface area contributed by atoms with Crippen LogP contribution in [0.2, 0.25) is 0 Å². The molecular formula is C23H31FIN5O2. The molecule has 0 spiro atoms. The predicted octanol–water partition coefficient (Wildman–Crippen LogP) is 2.95. The Bertz CT molecular complexity index is 940. The number of benzene rings is 2. The van der Waals surface area contributed by atoms with Crippen molar-refractivity contribution in [3.63, 3.8) is 0 Å². The molecule has 3 rings (SSSR count). The second-order valence-electron chi connectivity index (χ2n) is 7.71. The molecule has 0 saturated carbocycles. The first-order chi connectivity index (χ1) is 14.9. The van der Waals surface area contributed by atoms with E-state index in [2.05, 4.69) is 20.5 Å². The summed E-state index contributed by atoms with van der Waals surface area (Å²) in [6.07, 6.45) is 1.96. The van der Waals surface area contributed by atoms with Crippen LogP contribution >= 0.6 is 24.0 Å². The molecule has 0 radical (unpaired) electrons. The lowest BCUT2D eigenvalue weighted by atomic mass is 10.0. The highest BCUT2D eigenvalue weighted by molar-refractivity contribution is 14.0. The average Bonchev–Trinajstić information content (AvgIpc) is 2.77. The van der Waals surface area contributed by atoms with Crippen LogP contribution in [-0.4, -0.2) is 44.7 Å². The number of halogens is 2. The summed E-state index contributed by atoms with van der Waals surface area (Å²) in [5.41, 5.74) is 7.81. The Morgan fingerprint density at radius 1 is 1.31 bits per heavy atom. The molecule has 1 aliphatic rings. The summed E-state index contributed by atoms with van der Waals surface area (Å²) in [6.45, 7) is 3.90. The summed E-state index contributed by atoms with van der Waals surface area (Å²) in [6, 6.07) is 12.8. The summed E-state index contributed by atoms with van der Waals surface area (Å²) >= 11 is 0. The highest BCUT2D eigenvalue weighted by atomic mass is 127. The number of primary amides is 1. The van der Waals surface area contributed by atoms with Crippen LogP contribution in [0.15, 0.2) is 47.5 Å². The molecule has 1 amide bonds. The smallest absolute Gasteiger partial charge is 0.255 e. The van der Waals surface area contributed by atoms with Crippen molar-refractivity contribution in [1.82, 2.24) is 10.6 Å². The lowest BCUT2D eigenvalue weighted by molar-refractivity contribution is -0.119. The number of guanidine groups is 1. The number of piperidine rings is 1. The standard InChI is InChI=1S/C23H30FN5O2.HI/c1-16-8-9-20(24)21(11-16)29-10-4-6-18(14-29)28-23(26-2)27-13-17-5-3-7-19(12-17)31-15-22(25)30;/h3,5,7-9,11-12,18H,4,6,10,13-15H2,1-2H3,(H2,25,30)(H2,26,27,28);1H. The maximum Gasteiger partial charge on any atom is 0.255 e. The number of nitrogens with two attached hydrogens (primary N) is 1. The van der Waals surface area contributed by atoms with Crippen LogP contribution in [0.25, 0.3) is 0 Å². The molecule has 1 atom stereocenters. The molecule has 9 heteroatoms. The van der Waals surface area contributed by atoms with E-state index in [1.54, 1.807) is 19.2 Å². The molecule has 0 bridgehead atoms. The molecule has 2 aromatic rings. The molecule has 2 aromatic carbocycles. The van der Waals surface area contributed by atoms with Gasteiger partial charge in [-0.2, -0.15) is 0 Å². The number of carbonyl (C=O) groups is 1. The van der Waals surface area contributed by atoms with Gasteiger partial charge in [-0.1, -0.05) is 18.2 Å². The van der Waals surface area contributed by atoms with Crippen LogP contribution in [0.5, 0.6) is 5.75 Å². The third-order valence-electron chi connectivity index (χ3n) is 5.17. The normalized spacial score (nSPS) is 16.2. The molecule has 1 saturated heterocycles. The third-order valence-corrected chi connectivity index (χ3v) is 5.17. The van der Waals surface area contributed by atoms with Crippen LogP contribution in [0.3, 0.4) is 0 Å². The van der Waals surface area contributed by atoms with E-state index in [9.17, 15) is 9.18 Å². The van der Waals surface area contributed by atoms with Gasteiger partial charge in [0.1, 0.15) is 11.6 Å². The first-order valence-corrected chi connectivity index (χ1v) is 10.4. The Kier molecular flexibility index (Phi) is 10.0. The van der Waals surface area contributed by atoms with E-state index in [0.29, 0.717) is 30.5 Å². The fourth-order valence-electron chi connectivity index (χ4n) is 3.65. The van der Waals surface area contributed by atoms with Gasteiger partial charge in [-0.25, -0.2) is 4.39 Å². The molecule has 1 unspecified atom stereocenters. The van der Waals surface area contributed by atoms with Gasteiger partial charge in [0.25, 0.3) is 5.91 Å². The Hall–Kier alpha value is -2.56. The van der Waals surface area contributed by atoms with Gasteiger partial charge in [0.15, 0.2) is 12.6 Å². The highest BCUT2D eigenvalue weighted by Gasteiger charge is 2.23. The zero-order valence-corrected chi connectivity index (χ0v) is 20.8. The van der Waals surface area contributed by atoms with Gasteiger partial charge in [0.05, 0.1) is 5.69 Å². The van der Waals surface area contributed by atoms with E-state index in [0.717, 1.165) is 30.5 Å². The van der Waals surface area contributed by atoms with Crippen molar-refractivity contribution < 1.29 is 13.9 Å². The topological polar surface area (TPSA) is 92.0 Å². The van der Waals surface area contributed by atoms with Gasteiger partial charge in [0.2, 0.25) is 0 Å². The minimum Gasteiger partial charge on any atom is -0.484 e. The summed E-state index contributed by atoms with van der Waals surface area (Å²) < 4.78 is 19.7. The molecule has 7 nitrogen and oxygen atoms in total. The van der Waals surface area contributed by atoms with Crippen molar-refractivity contribution in [3.05, 3.63) is 59.4 Å². The number of ether oxygens (including phenoxy) is 1. The lowest BCUT2D eigenvalue weighted by Crippen LogP contribution is -2.51. The fourth-order valence-corrected chi connectivity index (χ4v) is 3.65. The van der Waals surface area contributed by atoms with Crippen molar-refractivity contribution in [2.45, 2.75) is 32.4 Å². The minimum absolute atomic E-state index is 0. The number of aliphatic imine (C=N–C) groups is 1. The molecule has 0 aromatic heterocycles. The number of aryl methyl sites for hydroxylation is 1. The second kappa shape index (κ2) is 12.5. The Labute approximate surface area is 205 Å². The number of hydrogen-bond acceptors (Lipinski definition) is 4. The van der Waals surface area contributed by atoms with Crippen molar-refractivity contribution in [2.24, 2.45) is 10.7 Å². The first kappa shape index (κ1) is 25.7. The van der Waals surface area contributed by atoms with E-state index in [-0.39, 0.29) is 42.4 Å². The van der Waals surface area contributed by atoms with Crippen molar-refractivity contribution in [3.8, 4) is 5.75 Å². The van der Waals surface area contributed by atoms with Crippen molar-refractivity contribution in [1.29, 1.82) is 0 Å². The van der Waals surface area contributed by atoms with Crippen molar-refractivity contribution >= 4 is 41.5 Å². The monoisotopic (exact) mass is 555 g/mol. The first-order valence-electron chi connectivity index (χ1n) is 10.4. The quantitative estimate of drug-likeness (QED) is 0.278. The van der Waals surface area contributed by atoms with Crippen molar-refractivity contribution in [2.75, 3.05) is 31.6 Å². The molecule has 1 heterocycles. The zero-order valence-electron chi connectivity index (χ0n) is 18.4. The predicted molar refractivity (Wildman–Crippen MR) is 136 cm³/mol. The largest absolute Gasteiger partial charge is 0.484 e. The summed E-state index contributed by atoms with van der Waals surface area (Å²) in [5.74, 6) is 0.566. The van der Waals surface area contributed by atoms with Gasteiger partial charge in [-0.3, -0.25) is 9.79 Å². The lowest BCUT2D eigenvalue weighted by Gasteiger charge is -2.35. The summed E-state index contributed by atoms with van der Waals surface area (Å²) in [7, 11) is 1.72. The highest BCUT2D eigenvalue weighted by Crippen LogP contribution is 2.24. The molecule has 1 aliphatic heterocycles. The second-order valence-corrected chi connectivity index (χ2v) is 7.71. The van der Waals surface area contributed by atoms with Gasteiger partial charge >= 0.3 is 0 Å². The Balaban J connectivity index is 0.00000363. The van der Waals surface area contributed by atoms with E-state index in [1.807, 2.05) is 31.2 Å². The van der Waals surface area contributed by atoms with Crippen LogP contribution < -0.4 is 26.0 Å². The van der Waals surface area contributed by atoms with E-state index in [4.69, 9.17) is 10.5 Å². The van der Waals surface area contributed by atoms with E-state index >= 15 is 0 Å². The molecular weight excluding hydrogens is 524 g/mol. The molecule has 1 fully saturated rings. The maximum absolute atomic E-state index is 14.3. The number of amides is 1. The number of nitrogens with one attached hydrogen (secondary N) is 2. The fraction of sp³-hybridized carbons (Fsp3) is 0.391. The number of carbonyl (C=O) groups excluding carboxylic acids is 1. The molecule has 32 heavy (non-hydrogen) atoms.